The first-order chi connectivity index (χ1) is 11.8. The molecule has 134 valence electrons. The Labute approximate surface area is 152 Å². The van der Waals surface area contributed by atoms with E-state index in [2.05, 4.69) is 26.1 Å². The van der Waals surface area contributed by atoms with Crippen molar-refractivity contribution in [2.45, 2.75) is 26.8 Å². The molecular weight excluding hydrogens is 338 g/mol. The van der Waals surface area contributed by atoms with Gasteiger partial charge in [0.2, 0.25) is 0 Å². The van der Waals surface area contributed by atoms with E-state index in [0.29, 0.717) is 17.1 Å². The van der Waals surface area contributed by atoms with Gasteiger partial charge in [0.1, 0.15) is 6.29 Å². The van der Waals surface area contributed by atoms with Gasteiger partial charge in [0.25, 0.3) is 5.91 Å². The second-order valence-corrected chi connectivity index (χ2v) is 7.68. The van der Waals surface area contributed by atoms with Crippen molar-refractivity contribution in [1.29, 1.82) is 0 Å². The van der Waals surface area contributed by atoms with E-state index in [1.165, 1.54) is 7.11 Å². The largest absolute Gasteiger partial charge is 0.493 e. The lowest BCUT2D eigenvalue weighted by molar-refractivity contribution is -0.124. The molecule has 0 bridgehead atoms. The molecular formula is C19H23NO4S. The van der Waals surface area contributed by atoms with Crippen LogP contribution in [0.1, 0.15) is 42.0 Å². The molecule has 0 aliphatic rings. The average molecular weight is 361 g/mol. The number of nitrogens with one attached hydrogen (secondary N) is 1. The van der Waals surface area contributed by atoms with Crippen molar-refractivity contribution in [3.63, 3.8) is 0 Å². The number of rotatable bonds is 7. The molecule has 1 atom stereocenters. The summed E-state index contributed by atoms with van der Waals surface area (Å²) in [6.45, 7) is 6.08. The van der Waals surface area contributed by atoms with Gasteiger partial charge in [-0.3, -0.25) is 9.59 Å². The van der Waals surface area contributed by atoms with Crippen molar-refractivity contribution in [2.75, 3.05) is 13.7 Å². The highest BCUT2D eigenvalue weighted by molar-refractivity contribution is 7.10. The molecule has 6 heteroatoms. The first-order valence-electron chi connectivity index (χ1n) is 7.94. The minimum Gasteiger partial charge on any atom is -0.493 e. The summed E-state index contributed by atoms with van der Waals surface area (Å²) in [6.07, 6.45) is 0.721. The van der Waals surface area contributed by atoms with Crippen LogP contribution in [0.15, 0.2) is 35.7 Å². The number of ether oxygens (including phenoxy) is 2. The van der Waals surface area contributed by atoms with E-state index in [9.17, 15) is 9.59 Å². The minimum absolute atomic E-state index is 0.105. The molecule has 1 amide bonds. The Hall–Kier alpha value is -2.34. The van der Waals surface area contributed by atoms with E-state index >= 15 is 0 Å². The van der Waals surface area contributed by atoms with Gasteiger partial charge in [-0.15, -0.1) is 11.3 Å². The lowest BCUT2D eigenvalue weighted by Crippen LogP contribution is -2.38. The van der Waals surface area contributed by atoms with E-state index in [4.69, 9.17) is 9.47 Å². The summed E-state index contributed by atoms with van der Waals surface area (Å²) in [6, 6.07) is 8.70. The molecule has 0 aliphatic carbocycles. The molecule has 1 aromatic carbocycles. The first-order valence-corrected chi connectivity index (χ1v) is 8.82. The van der Waals surface area contributed by atoms with Gasteiger partial charge in [0, 0.05) is 10.4 Å². The molecule has 0 radical (unpaired) electrons. The van der Waals surface area contributed by atoms with Gasteiger partial charge < -0.3 is 14.8 Å². The summed E-state index contributed by atoms with van der Waals surface area (Å²) in [4.78, 5) is 24.4. The Morgan fingerprint density at radius 3 is 2.60 bits per heavy atom. The van der Waals surface area contributed by atoms with Crippen LogP contribution >= 0.6 is 11.3 Å². The molecule has 1 N–H and O–H groups in total. The van der Waals surface area contributed by atoms with Gasteiger partial charge in [-0.25, -0.2) is 0 Å². The van der Waals surface area contributed by atoms with Crippen molar-refractivity contribution >= 4 is 23.5 Å². The van der Waals surface area contributed by atoms with Gasteiger partial charge in [-0.2, -0.15) is 0 Å². The first kappa shape index (κ1) is 19.0. The third-order valence-corrected chi connectivity index (χ3v) is 4.62. The second kappa shape index (κ2) is 8.16. The Balaban J connectivity index is 2.06. The van der Waals surface area contributed by atoms with Gasteiger partial charge in [-0.1, -0.05) is 26.8 Å². The minimum atomic E-state index is -0.230. The molecule has 0 spiro atoms. The van der Waals surface area contributed by atoms with Crippen LogP contribution in [0.3, 0.4) is 0 Å². The maximum absolute atomic E-state index is 12.4. The fourth-order valence-corrected chi connectivity index (χ4v) is 3.42. The molecule has 0 saturated carbocycles. The van der Waals surface area contributed by atoms with E-state index < -0.39 is 0 Å². The summed E-state index contributed by atoms with van der Waals surface area (Å²) >= 11 is 1.61. The normalized spacial score (nSPS) is 12.3. The Morgan fingerprint density at radius 1 is 1.28 bits per heavy atom. The zero-order valence-corrected chi connectivity index (χ0v) is 15.7. The van der Waals surface area contributed by atoms with Gasteiger partial charge in [0.15, 0.2) is 18.1 Å². The number of hydrogen-bond donors (Lipinski definition) is 1. The Bertz CT molecular complexity index is 720. The highest BCUT2D eigenvalue weighted by Crippen LogP contribution is 2.35. The number of aldehydes is 1. The van der Waals surface area contributed by atoms with Crippen LogP contribution in [-0.2, 0) is 4.79 Å². The van der Waals surface area contributed by atoms with Crippen LogP contribution in [0.4, 0.5) is 0 Å². The van der Waals surface area contributed by atoms with Crippen LogP contribution in [0.2, 0.25) is 0 Å². The predicted molar refractivity (Wildman–Crippen MR) is 98.5 cm³/mol. The fraction of sp³-hybridized carbons (Fsp3) is 0.368. The Morgan fingerprint density at radius 2 is 2.04 bits per heavy atom. The molecule has 1 aromatic heterocycles. The molecule has 2 rings (SSSR count). The number of carbonyl (C=O) groups excluding carboxylic acids is 2. The highest BCUT2D eigenvalue weighted by atomic mass is 32.1. The number of thiophene rings is 1. The summed E-state index contributed by atoms with van der Waals surface area (Å²) in [5, 5.41) is 5.02. The molecule has 0 saturated heterocycles. The predicted octanol–water partition coefficient (Wildman–Crippen LogP) is 3.85. The number of carbonyl (C=O) groups is 2. The van der Waals surface area contributed by atoms with E-state index in [-0.39, 0.29) is 24.0 Å². The average Bonchev–Trinajstić information content (AvgIpc) is 3.10. The third kappa shape index (κ3) is 5.06. The number of amides is 1. The SMILES string of the molecule is COc1ccc(C=O)cc1OCC(=O)NC(c1cccs1)C(C)(C)C. The van der Waals surface area contributed by atoms with Gasteiger partial charge in [-0.05, 0) is 35.1 Å². The van der Waals surface area contributed by atoms with Crippen molar-refractivity contribution in [2.24, 2.45) is 5.41 Å². The maximum atomic E-state index is 12.4. The Kier molecular flexibility index (Phi) is 6.20. The van der Waals surface area contributed by atoms with Crippen LogP contribution in [0, 0.1) is 5.41 Å². The van der Waals surface area contributed by atoms with Crippen molar-refractivity contribution < 1.29 is 19.1 Å². The topological polar surface area (TPSA) is 64.6 Å². The number of benzene rings is 1. The highest BCUT2D eigenvalue weighted by Gasteiger charge is 2.28. The van der Waals surface area contributed by atoms with Crippen molar-refractivity contribution in [3.05, 3.63) is 46.2 Å². The van der Waals surface area contributed by atoms with Crippen LogP contribution < -0.4 is 14.8 Å². The standard InChI is InChI=1S/C19H23NO4S/c1-19(2,3)18(16-6-5-9-25-16)20-17(22)12-24-15-10-13(11-21)7-8-14(15)23-4/h5-11,18H,12H2,1-4H3,(H,20,22). The number of hydrogen-bond acceptors (Lipinski definition) is 5. The molecule has 1 heterocycles. The summed E-state index contributed by atoms with van der Waals surface area (Å²) in [5.41, 5.74) is 0.331. The van der Waals surface area contributed by atoms with Crippen molar-refractivity contribution in [1.82, 2.24) is 5.32 Å². The van der Waals surface area contributed by atoms with Crippen LogP contribution in [-0.4, -0.2) is 25.9 Å². The van der Waals surface area contributed by atoms with Gasteiger partial charge >= 0.3 is 0 Å². The monoisotopic (exact) mass is 361 g/mol. The molecule has 0 fully saturated rings. The lowest BCUT2D eigenvalue weighted by atomic mass is 9.86. The second-order valence-electron chi connectivity index (χ2n) is 6.70. The molecule has 2 aromatic rings. The van der Waals surface area contributed by atoms with E-state index in [1.54, 1.807) is 29.5 Å². The van der Waals surface area contributed by atoms with Crippen LogP contribution in [0.5, 0.6) is 11.5 Å². The molecule has 25 heavy (non-hydrogen) atoms. The summed E-state index contributed by atoms with van der Waals surface area (Å²) in [7, 11) is 1.51. The molecule has 1 unspecified atom stereocenters. The fourth-order valence-electron chi connectivity index (χ4n) is 2.40. The van der Waals surface area contributed by atoms with Crippen LogP contribution in [0.25, 0.3) is 0 Å². The smallest absolute Gasteiger partial charge is 0.258 e. The zero-order chi connectivity index (χ0) is 18.4. The zero-order valence-electron chi connectivity index (χ0n) is 14.9. The molecule has 0 aliphatic heterocycles. The third-order valence-electron chi connectivity index (χ3n) is 3.68. The lowest BCUT2D eigenvalue weighted by Gasteiger charge is -2.30. The quantitative estimate of drug-likeness (QED) is 0.761. The summed E-state index contributed by atoms with van der Waals surface area (Å²) in [5.74, 6) is 0.613. The maximum Gasteiger partial charge on any atom is 0.258 e. The summed E-state index contributed by atoms with van der Waals surface area (Å²) < 4.78 is 10.8. The van der Waals surface area contributed by atoms with E-state index in [1.807, 2.05) is 17.5 Å². The number of methoxy groups -OCH3 is 1. The van der Waals surface area contributed by atoms with Gasteiger partial charge in [0.05, 0.1) is 13.2 Å². The molecule has 5 nitrogen and oxygen atoms in total. The van der Waals surface area contributed by atoms with Crippen molar-refractivity contribution in [3.8, 4) is 11.5 Å². The van der Waals surface area contributed by atoms with E-state index in [0.717, 1.165) is 11.2 Å².